The first-order valence-electron chi connectivity index (χ1n) is 7.92. The molecular weight excluding hydrogens is 346 g/mol. The van der Waals surface area contributed by atoms with E-state index in [9.17, 15) is 9.59 Å². The molecule has 26 heavy (non-hydrogen) atoms. The standard InChI is InChI=1S/C11H20O6.C6H7NO2/c1-2-11(13)17-10-9-16-8-7-15-6-5-14-4-3-12;1-3-9-6(8)5(2)4-7/h2,12H,1,3-10H2;2-3H2,1H3. The molecule has 0 spiro atoms. The zero-order valence-electron chi connectivity index (χ0n) is 15.1. The molecule has 9 heteroatoms. The molecule has 0 atom stereocenters. The van der Waals surface area contributed by atoms with Crippen molar-refractivity contribution >= 4 is 11.9 Å². The molecule has 0 rings (SSSR count). The molecule has 0 bridgehead atoms. The Morgan fingerprint density at radius 3 is 1.92 bits per heavy atom. The third kappa shape index (κ3) is 19.8. The van der Waals surface area contributed by atoms with Gasteiger partial charge in [0, 0.05) is 6.08 Å². The first kappa shape index (κ1) is 26.0. The minimum absolute atomic E-state index is 0.0204. The summed E-state index contributed by atoms with van der Waals surface area (Å²) in [5, 5.41) is 16.5. The summed E-state index contributed by atoms with van der Waals surface area (Å²) >= 11 is 0. The van der Waals surface area contributed by atoms with E-state index in [1.54, 1.807) is 13.0 Å². The minimum atomic E-state index is -0.639. The molecule has 0 fully saturated rings. The molecule has 9 nitrogen and oxygen atoms in total. The molecule has 0 aromatic heterocycles. The summed E-state index contributed by atoms with van der Waals surface area (Å²) in [7, 11) is 0. The van der Waals surface area contributed by atoms with E-state index in [-0.39, 0.29) is 25.4 Å². The number of rotatable bonds is 14. The number of hydrogen-bond acceptors (Lipinski definition) is 9. The smallest absolute Gasteiger partial charge is 0.348 e. The van der Waals surface area contributed by atoms with Crippen molar-refractivity contribution in [3.05, 3.63) is 24.8 Å². The number of carbonyl (C=O) groups excluding carboxylic acids is 2. The Bertz CT molecular complexity index is 445. The van der Waals surface area contributed by atoms with Crippen LogP contribution in [0.4, 0.5) is 0 Å². The highest BCUT2D eigenvalue weighted by Gasteiger charge is 2.04. The lowest BCUT2D eigenvalue weighted by Gasteiger charge is -2.06. The molecule has 0 unspecified atom stereocenters. The van der Waals surface area contributed by atoms with E-state index in [1.807, 2.05) is 0 Å². The Morgan fingerprint density at radius 1 is 1.00 bits per heavy atom. The van der Waals surface area contributed by atoms with Gasteiger partial charge in [0.25, 0.3) is 0 Å². The summed E-state index contributed by atoms with van der Waals surface area (Å²) in [6, 6.07) is 1.58. The predicted octanol–water partition coefficient (Wildman–Crippen LogP) is 0.387. The second-order valence-electron chi connectivity index (χ2n) is 4.24. The molecular formula is C17H27NO8. The quantitative estimate of drug-likeness (QED) is 0.199. The number of aliphatic hydroxyl groups excluding tert-OH is 1. The van der Waals surface area contributed by atoms with Crippen LogP contribution in [0.5, 0.6) is 0 Å². The Balaban J connectivity index is 0. The number of nitriles is 1. The van der Waals surface area contributed by atoms with Crippen molar-refractivity contribution < 1.29 is 38.4 Å². The minimum Gasteiger partial charge on any atom is -0.462 e. The molecule has 0 aliphatic heterocycles. The van der Waals surface area contributed by atoms with Gasteiger partial charge in [-0.2, -0.15) is 5.26 Å². The first-order chi connectivity index (χ1) is 12.5. The number of hydrogen-bond donors (Lipinski definition) is 1. The number of carbonyl (C=O) groups is 2. The Morgan fingerprint density at radius 2 is 1.50 bits per heavy atom. The van der Waals surface area contributed by atoms with Crippen LogP contribution in [0.15, 0.2) is 24.8 Å². The highest BCUT2D eigenvalue weighted by Crippen LogP contribution is 1.90. The van der Waals surface area contributed by atoms with Crippen molar-refractivity contribution in [2.24, 2.45) is 0 Å². The van der Waals surface area contributed by atoms with E-state index in [2.05, 4.69) is 17.9 Å². The SMILES string of the molecule is C=C(C#N)C(=O)OCC.C=CC(=O)OCCOCCOCCOCCO. The van der Waals surface area contributed by atoms with E-state index < -0.39 is 11.9 Å². The second kappa shape index (κ2) is 20.8. The molecule has 0 aliphatic rings. The molecule has 0 aromatic rings. The number of ether oxygens (including phenoxy) is 5. The predicted molar refractivity (Wildman–Crippen MR) is 92.1 cm³/mol. The van der Waals surface area contributed by atoms with Crippen molar-refractivity contribution in [3.63, 3.8) is 0 Å². The van der Waals surface area contributed by atoms with Gasteiger partial charge in [0.05, 0.1) is 52.9 Å². The van der Waals surface area contributed by atoms with Gasteiger partial charge in [-0.25, -0.2) is 9.59 Å². The van der Waals surface area contributed by atoms with Crippen LogP contribution < -0.4 is 0 Å². The van der Waals surface area contributed by atoms with Crippen LogP contribution in [0.3, 0.4) is 0 Å². The first-order valence-corrected chi connectivity index (χ1v) is 7.92. The molecule has 0 aliphatic carbocycles. The Hall–Kier alpha value is -2.25. The summed E-state index contributed by atoms with van der Waals surface area (Å²) in [5.41, 5.74) is -0.156. The van der Waals surface area contributed by atoms with E-state index >= 15 is 0 Å². The third-order valence-corrected chi connectivity index (χ3v) is 2.28. The fourth-order valence-electron chi connectivity index (χ4n) is 1.13. The largest absolute Gasteiger partial charge is 0.462 e. The lowest BCUT2D eigenvalue weighted by Crippen LogP contribution is -2.13. The highest BCUT2D eigenvalue weighted by atomic mass is 16.6. The summed E-state index contributed by atoms with van der Waals surface area (Å²) in [4.78, 5) is 21.0. The van der Waals surface area contributed by atoms with E-state index in [0.717, 1.165) is 6.08 Å². The van der Waals surface area contributed by atoms with Crippen LogP contribution in [0.2, 0.25) is 0 Å². The van der Waals surface area contributed by atoms with E-state index in [0.29, 0.717) is 39.6 Å². The van der Waals surface area contributed by atoms with Crippen molar-refractivity contribution in [2.45, 2.75) is 6.92 Å². The fraction of sp³-hybridized carbons (Fsp3) is 0.588. The molecule has 0 saturated heterocycles. The van der Waals surface area contributed by atoms with Crippen LogP contribution in [-0.2, 0) is 33.3 Å². The van der Waals surface area contributed by atoms with Crippen LogP contribution in [0, 0.1) is 11.3 Å². The second-order valence-corrected chi connectivity index (χ2v) is 4.24. The van der Waals surface area contributed by atoms with Gasteiger partial charge >= 0.3 is 11.9 Å². The molecule has 1 N–H and O–H groups in total. The maximum atomic E-state index is 10.6. The van der Waals surface area contributed by atoms with Crippen molar-refractivity contribution in [2.75, 3.05) is 59.5 Å². The normalized spacial score (nSPS) is 9.27. The van der Waals surface area contributed by atoms with Crippen LogP contribution in [-0.4, -0.2) is 76.5 Å². The lowest BCUT2D eigenvalue weighted by molar-refractivity contribution is -0.139. The molecule has 0 saturated carbocycles. The van der Waals surface area contributed by atoms with Gasteiger partial charge in [-0.3, -0.25) is 0 Å². The number of nitrogens with zero attached hydrogens (tertiary/aromatic N) is 1. The molecule has 0 radical (unpaired) electrons. The van der Waals surface area contributed by atoms with Crippen LogP contribution in [0.1, 0.15) is 6.92 Å². The van der Waals surface area contributed by atoms with Gasteiger partial charge in [-0.15, -0.1) is 0 Å². The third-order valence-electron chi connectivity index (χ3n) is 2.28. The maximum absolute atomic E-state index is 10.6. The van der Waals surface area contributed by atoms with E-state index in [1.165, 1.54) is 0 Å². The fourth-order valence-corrected chi connectivity index (χ4v) is 1.13. The highest BCUT2D eigenvalue weighted by molar-refractivity contribution is 5.91. The molecule has 148 valence electrons. The summed E-state index contributed by atoms with van der Waals surface area (Å²) in [6.07, 6.45) is 1.11. The van der Waals surface area contributed by atoms with Gasteiger partial charge in [0.2, 0.25) is 0 Å². The Labute approximate surface area is 153 Å². The number of aliphatic hydroxyl groups is 1. The summed E-state index contributed by atoms with van der Waals surface area (Å²) < 4.78 is 24.4. The molecule has 0 aromatic carbocycles. The van der Waals surface area contributed by atoms with Gasteiger partial charge in [0.15, 0.2) is 0 Å². The van der Waals surface area contributed by atoms with Crippen molar-refractivity contribution in [3.8, 4) is 6.07 Å². The molecule has 0 amide bonds. The average molecular weight is 373 g/mol. The summed E-state index contributed by atoms with van der Waals surface area (Å²) in [5.74, 6) is -1.09. The van der Waals surface area contributed by atoms with Crippen molar-refractivity contribution in [1.82, 2.24) is 0 Å². The Kier molecular flexibility index (Phi) is 20.8. The van der Waals surface area contributed by atoms with Gasteiger partial charge in [-0.1, -0.05) is 13.2 Å². The van der Waals surface area contributed by atoms with Crippen molar-refractivity contribution in [1.29, 1.82) is 5.26 Å². The topological polar surface area (TPSA) is 124 Å². The maximum Gasteiger partial charge on any atom is 0.348 e. The van der Waals surface area contributed by atoms with E-state index in [4.69, 9.17) is 29.3 Å². The van der Waals surface area contributed by atoms with Gasteiger partial charge < -0.3 is 28.8 Å². The van der Waals surface area contributed by atoms with Gasteiger partial charge in [0.1, 0.15) is 18.2 Å². The zero-order valence-corrected chi connectivity index (χ0v) is 15.1. The zero-order chi connectivity index (χ0) is 20.0. The molecule has 0 heterocycles. The van der Waals surface area contributed by atoms with Gasteiger partial charge in [-0.05, 0) is 6.92 Å². The lowest BCUT2D eigenvalue weighted by atomic mass is 10.3. The van der Waals surface area contributed by atoms with Crippen LogP contribution in [0.25, 0.3) is 0 Å². The van der Waals surface area contributed by atoms with Crippen LogP contribution >= 0.6 is 0 Å². The summed E-state index contributed by atoms with van der Waals surface area (Å²) in [6.45, 7) is 11.1. The number of esters is 2. The average Bonchev–Trinajstić information content (AvgIpc) is 2.65. The monoisotopic (exact) mass is 373 g/mol.